The second kappa shape index (κ2) is 11.9. The van der Waals surface area contributed by atoms with E-state index in [2.05, 4.69) is 25.7 Å². The van der Waals surface area contributed by atoms with Gasteiger partial charge >= 0.3 is 6.36 Å². The Bertz CT molecular complexity index is 928. The third-order valence-electron chi connectivity index (χ3n) is 4.01. The summed E-state index contributed by atoms with van der Waals surface area (Å²) >= 11 is 0. The SMILES string of the molecule is CN=C(NCc1cccc(C(=O)NC(C)(C)C)c1)NCc1ccccc1OC(F)(F)F.I. The maximum absolute atomic E-state index is 12.6. The van der Waals surface area contributed by atoms with Gasteiger partial charge < -0.3 is 20.7 Å². The van der Waals surface area contributed by atoms with Crippen LogP contribution in [-0.4, -0.2) is 30.8 Å². The lowest BCUT2D eigenvalue weighted by Crippen LogP contribution is -2.40. The Morgan fingerprint density at radius 2 is 1.66 bits per heavy atom. The summed E-state index contributed by atoms with van der Waals surface area (Å²) in [6, 6.07) is 13.1. The molecule has 176 valence electrons. The highest BCUT2D eigenvalue weighted by molar-refractivity contribution is 14.0. The molecule has 0 aliphatic heterocycles. The van der Waals surface area contributed by atoms with Crippen molar-refractivity contribution in [2.75, 3.05) is 7.05 Å². The predicted molar refractivity (Wildman–Crippen MR) is 129 cm³/mol. The average molecular weight is 564 g/mol. The van der Waals surface area contributed by atoms with E-state index in [-0.39, 0.29) is 47.7 Å². The standard InChI is InChI=1S/C22H27F3N4O2.HI/c1-21(2,3)29-19(30)16-10-7-8-15(12-16)13-27-20(26-4)28-14-17-9-5-6-11-18(17)31-22(23,24)25;/h5-12H,13-14H2,1-4H3,(H,29,30)(H2,26,27,28);1H. The Kier molecular flexibility index (Phi) is 10.3. The van der Waals surface area contributed by atoms with Gasteiger partial charge in [0.15, 0.2) is 5.96 Å². The maximum Gasteiger partial charge on any atom is 0.573 e. The molecule has 2 aromatic carbocycles. The topological polar surface area (TPSA) is 74.8 Å². The van der Waals surface area contributed by atoms with Crippen LogP contribution in [0.3, 0.4) is 0 Å². The molecule has 0 aromatic heterocycles. The molecule has 0 aliphatic rings. The van der Waals surface area contributed by atoms with Crippen LogP contribution in [-0.2, 0) is 13.1 Å². The molecule has 0 spiro atoms. The molecule has 6 nitrogen and oxygen atoms in total. The Hall–Kier alpha value is -2.50. The van der Waals surface area contributed by atoms with Crippen LogP contribution in [0.5, 0.6) is 5.75 Å². The number of carbonyl (C=O) groups is 1. The van der Waals surface area contributed by atoms with E-state index in [1.54, 1.807) is 37.4 Å². The molecular formula is C22H28F3IN4O2. The third-order valence-corrected chi connectivity index (χ3v) is 4.01. The van der Waals surface area contributed by atoms with Crippen LogP contribution in [0.2, 0.25) is 0 Å². The van der Waals surface area contributed by atoms with Crippen LogP contribution >= 0.6 is 24.0 Å². The lowest BCUT2D eigenvalue weighted by Gasteiger charge is -2.20. The fraction of sp³-hybridized carbons (Fsp3) is 0.364. The molecule has 2 aromatic rings. The van der Waals surface area contributed by atoms with Gasteiger partial charge in [0.2, 0.25) is 0 Å². The summed E-state index contributed by atoms with van der Waals surface area (Å²) in [5.41, 5.74) is 1.38. The number of hydrogen-bond donors (Lipinski definition) is 3. The van der Waals surface area contributed by atoms with E-state index in [0.29, 0.717) is 23.6 Å². The first-order chi connectivity index (χ1) is 14.5. The van der Waals surface area contributed by atoms with E-state index in [4.69, 9.17) is 0 Å². The van der Waals surface area contributed by atoms with Gasteiger partial charge in [-0.2, -0.15) is 0 Å². The maximum atomic E-state index is 12.6. The molecule has 0 bridgehead atoms. The molecular weight excluding hydrogens is 536 g/mol. The quantitative estimate of drug-likeness (QED) is 0.273. The largest absolute Gasteiger partial charge is 0.573 e. The lowest BCUT2D eigenvalue weighted by atomic mass is 10.1. The lowest BCUT2D eigenvalue weighted by molar-refractivity contribution is -0.274. The first kappa shape index (κ1) is 27.5. The first-order valence-electron chi connectivity index (χ1n) is 9.66. The van der Waals surface area contributed by atoms with Crippen LogP contribution < -0.4 is 20.7 Å². The van der Waals surface area contributed by atoms with Gasteiger partial charge in [-0.25, -0.2) is 0 Å². The number of ether oxygens (including phenoxy) is 1. The van der Waals surface area contributed by atoms with Crippen LogP contribution in [0.1, 0.15) is 42.3 Å². The van der Waals surface area contributed by atoms with Gasteiger partial charge in [-0.15, -0.1) is 37.1 Å². The van der Waals surface area contributed by atoms with Gasteiger partial charge in [-0.3, -0.25) is 9.79 Å². The van der Waals surface area contributed by atoms with Gasteiger partial charge in [0, 0.05) is 36.8 Å². The number of nitrogens with zero attached hydrogens (tertiary/aromatic N) is 1. The molecule has 2 rings (SSSR count). The smallest absolute Gasteiger partial charge is 0.405 e. The summed E-state index contributed by atoms with van der Waals surface area (Å²) in [6.45, 7) is 6.18. The second-order valence-corrected chi connectivity index (χ2v) is 7.84. The molecule has 32 heavy (non-hydrogen) atoms. The van der Waals surface area contributed by atoms with Crippen molar-refractivity contribution >= 4 is 35.8 Å². The van der Waals surface area contributed by atoms with Crippen molar-refractivity contribution in [3.63, 3.8) is 0 Å². The zero-order valence-electron chi connectivity index (χ0n) is 18.3. The fourth-order valence-electron chi connectivity index (χ4n) is 2.69. The minimum atomic E-state index is -4.76. The van der Waals surface area contributed by atoms with Gasteiger partial charge in [-0.1, -0.05) is 30.3 Å². The number of guanidine groups is 1. The Morgan fingerprint density at radius 1 is 1.00 bits per heavy atom. The molecule has 0 saturated carbocycles. The minimum Gasteiger partial charge on any atom is -0.405 e. The van der Waals surface area contributed by atoms with Crippen molar-refractivity contribution in [2.24, 2.45) is 4.99 Å². The van der Waals surface area contributed by atoms with Gasteiger partial charge in [0.25, 0.3) is 5.91 Å². The molecule has 0 saturated heterocycles. The Labute approximate surface area is 203 Å². The molecule has 0 atom stereocenters. The number of hydrogen-bond acceptors (Lipinski definition) is 3. The Balaban J connectivity index is 0.00000512. The molecule has 0 unspecified atom stereocenters. The monoisotopic (exact) mass is 564 g/mol. The molecule has 0 heterocycles. The van der Waals surface area contributed by atoms with Gasteiger partial charge in [0.1, 0.15) is 5.75 Å². The van der Waals surface area contributed by atoms with Crippen molar-refractivity contribution in [2.45, 2.75) is 45.8 Å². The van der Waals surface area contributed by atoms with E-state index in [9.17, 15) is 18.0 Å². The summed E-state index contributed by atoms with van der Waals surface area (Å²) < 4.78 is 41.8. The average Bonchev–Trinajstić information content (AvgIpc) is 2.67. The Morgan fingerprint density at radius 3 is 2.28 bits per heavy atom. The highest BCUT2D eigenvalue weighted by Gasteiger charge is 2.31. The number of rotatable bonds is 6. The zero-order chi connectivity index (χ0) is 23.1. The zero-order valence-corrected chi connectivity index (χ0v) is 20.7. The molecule has 10 heteroatoms. The van der Waals surface area contributed by atoms with Crippen molar-refractivity contribution in [1.29, 1.82) is 0 Å². The van der Waals surface area contributed by atoms with E-state index >= 15 is 0 Å². The number of aliphatic imine (C=N–C) groups is 1. The third kappa shape index (κ3) is 9.75. The number of halogens is 4. The van der Waals surface area contributed by atoms with E-state index in [0.717, 1.165) is 5.56 Å². The van der Waals surface area contributed by atoms with Crippen molar-refractivity contribution in [3.8, 4) is 5.75 Å². The summed E-state index contributed by atoms with van der Waals surface area (Å²) in [5.74, 6) is -0.0417. The molecule has 1 amide bonds. The summed E-state index contributed by atoms with van der Waals surface area (Å²) in [5, 5.41) is 8.96. The van der Waals surface area contributed by atoms with E-state index < -0.39 is 6.36 Å². The number of alkyl halides is 3. The fourth-order valence-corrected chi connectivity index (χ4v) is 2.69. The first-order valence-corrected chi connectivity index (χ1v) is 9.66. The number of para-hydroxylation sites is 1. The summed E-state index contributed by atoms with van der Waals surface area (Å²) in [4.78, 5) is 16.4. The van der Waals surface area contributed by atoms with E-state index in [1.807, 2.05) is 26.8 Å². The number of nitrogens with one attached hydrogen (secondary N) is 3. The molecule has 0 aliphatic carbocycles. The molecule has 3 N–H and O–H groups in total. The second-order valence-electron chi connectivity index (χ2n) is 7.84. The highest BCUT2D eigenvalue weighted by atomic mass is 127. The highest BCUT2D eigenvalue weighted by Crippen LogP contribution is 2.26. The number of benzene rings is 2. The van der Waals surface area contributed by atoms with Crippen LogP contribution in [0.4, 0.5) is 13.2 Å². The summed E-state index contributed by atoms with van der Waals surface area (Å²) in [7, 11) is 1.56. The van der Waals surface area contributed by atoms with Gasteiger partial charge in [0.05, 0.1) is 0 Å². The van der Waals surface area contributed by atoms with Crippen molar-refractivity contribution < 1.29 is 22.7 Å². The van der Waals surface area contributed by atoms with Crippen LogP contribution in [0, 0.1) is 0 Å². The predicted octanol–water partition coefficient (Wildman–Crippen LogP) is 4.60. The van der Waals surface area contributed by atoms with Crippen molar-refractivity contribution in [3.05, 3.63) is 65.2 Å². The number of carbonyl (C=O) groups excluding carboxylic acids is 1. The molecule has 0 fully saturated rings. The van der Waals surface area contributed by atoms with E-state index in [1.165, 1.54) is 12.1 Å². The van der Waals surface area contributed by atoms with Crippen LogP contribution in [0.25, 0.3) is 0 Å². The van der Waals surface area contributed by atoms with Gasteiger partial charge in [-0.05, 0) is 44.5 Å². The van der Waals surface area contributed by atoms with Crippen LogP contribution in [0.15, 0.2) is 53.5 Å². The number of amides is 1. The van der Waals surface area contributed by atoms with Crippen molar-refractivity contribution in [1.82, 2.24) is 16.0 Å². The normalized spacial score (nSPS) is 11.9. The minimum absolute atomic E-state index is 0. The molecule has 0 radical (unpaired) electrons. The summed E-state index contributed by atoms with van der Waals surface area (Å²) in [6.07, 6.45) is -4.76.